The summed E-state index contributed by atoms with van der Waals surface area (Å²) in [5.41, 5.74) is 1.57. The summed E-state index contributed by atoms with van der Waals surface area (Å²) in [4.78, 5) is 0. The Kier molecular flexibility index (Phi) is 5.30. The van der Waals surface area contributed by atoms with E-state index in [0.717, 1.165) is 11.1 Å². The molecular formula is C16H16Cl2O2. The molecule has 0 fully saturated rings. The van der Waals surface area contributed by atoms with Crippen molar-refractivity contribution < 1.29 is 9.84 Å². The van der Waals surface area contributed by atoms with Gasteiger partial charge in [0.15, 0.2) is 0 Å². The highest BCUT2D eigenvalue weighted by Crippen LogP contribution is 2.32. The number of para-hydroxylation sites is 1. The van der Waals surface area contributed by atoms with Crippen LogP contribution in [0.15, 0.2) is 42.5 Å². The summed E-state index contributed by atoms with van der Waals surface area (Å²) in [5, 5.41) is 11.4. The van der Waals surface area contributed by atoms with Crippen molar-refractivity contribution in [2.45, 2.75) is 19.4 Å². The molecule has 1 atom stereocenters. The molecule has 2 rings (SSSR count). The Hall–Kier alpha value is -1.22. The van der Waals surface area contributed by atoms with Crippen molar-refractivity contribution in [3.8, 4) is 5.75 Å². The molecule has 0 heterocycles. The third-order valence-electron chi connectivity index (χ3n) is 3.02. The van der Waals surface area contributed by atoms with Gasteiger partial charge in [-0.3, -0.25) is 0 Å². The van der Waals surface area contributed by atoms with Gasteiger partial charge in [-0.1, -0.05) is 53.5 Å². The number of aliphatic hydroxyl groups is 1. The van der Waals surface area contributed by atoms with Gasteiger partial charge in [0.1, 0.15) is 5.75 Å². The Labute approximate surface area is 128 Å². The minimum atomic E-state index is -0.686. The number of halogens is 2. The summed E-state index contributed by atoms with van der Waals surface area (Å²) in [7, 11) is 0. The minimum Gasteiger partial charge on any atom is -0.493 e. The molecule has 0 amide bonds. The second-order valence-corrected chi connectivity index (χ2v) is 5.19. The summed E-state index contributed by atoms with van der Waals surface area (Å²) < 4.78 is 5.53. The lowest BCUT2D eigenvalue weighted by Gasteiger charge is -2.16. The van der Waals surface area contributed by atoms with Crippen molar-refractivity contribution in [2.75, 3.05) is 6.61 Å². The zero-order valence-corrected chi connectivity index (χ0v) is 12.7. The SMILES string of the molecule is CCOc1ccccc1C(O)Cc1cccc(Cl)c1Cl. The highest BCUT2D eigenvalue weighted by Gasteiger charge is 2.16. The molecule has 0 aliphatic heterocycles. The van der Waals surface area contributed by atoms with E-state index in [0.29, 0.717) is 28.8 Å². The average Bonchev–Trinajstić information content (AvgIpc) is 2.45. The molecule has 0 spiro atoms. The lowest BCUT2D eigenvalue weighted by molar-refractivity contribution is 0.172. The fraction of sp³-hybridized carbons (Fsp3) is 0.250. The first kappa shape index (κ1) is 15.2. The lowest BCUT2D eigenvalue weighted by Crippen LogP contribution is -2.05. The molecule has 2 aromatic rings. The van der Waals surface area contributed by atoms with Crippen LogP contribution >= 0.6 is 23.2 Å². The molecule has 20 heavy (non-hydrogen) atoms. The van der Waals surface area contributed by atoms with Gasteiger partial charge in [-0.25, -0.2) is 0 Å². The molecule has 2 aromatic carbocycles. The molecule has 0 aliphatic rings. The van der Waals surface area contributed by atoms with Crippen LogP contribution in [0.3, 0.4) is 0 Å². The van der Waals surface area contributed by atoms with Crippen molar-refractivity contribution in [1.29, 1.82) is 0 Å². The largest absolute Gasteiger partial charge is 0.493 e. The van der Waals surface area contributed by atoms with Gasteiger partial charge in [0.05, 0.1) is 22.8 Å². The summed E-state index contributed by atoms with van der Waals surface area (Å²) in [6, 6.07) is 12.9. The summed E-state index contributed by atoms with van der Waals surface area (Å²) in [5.74, 6) is 0.695. The smallest absolute Gasteiger partial charge is 0.125 e. The molecule has 0 bridgehead atoms. The van der Waals surface area contributed by atoms with E-state index in [1.165, 1.54) is 0 Å². The van der Waals surface area contributed by atoms with E-state index in [-0.39, 0.29) is 0 Å². The van der Waals surface area contributed by atoms with E-state index < -0.39 is 6.10 Å². The number of aliphatic hydroxyl groups excluding tert-OH is 1. The van der Waals surface area contributed by atoms with Gasteiger partial charge < -0.3 is 9.84 Å². The topological polar surface area (TPSA) is 29.5 Å². The highest BCUT2D eigenvalue weighted by atomic mass is 35.5. The van der Waals surface area contributed by atoms with E-state index >= 15 is 0 Å². The molecule has 1 N–H and O–H groups in total. The molecule has 0 aromatic heterocycles. The Balaban J connectivity index is 2.24. The first-order chi connectivity index (χ1) is 9.63. The van der Waals surface area contributed by atoms with Crippen LogP contribution in [0, 0.1) is 0 Å². The maximum atomic E-state index is 10.4. The van der Waals surface area contributed by atoms with Crippen molar-refractivity contribution in [3.05, 3.63) is 63.6 Å². The Morgan fingerprint density at radius 1 is 1.10 bits per heavy atom. The monoisotopic (exact) mass is 310 g/mol. The van der Waals surface area contributed by atoms with Gasteiger partial charge in [0, 0.05) is 12.0 Å². The lowest BCUT2D eigenvalue weighted by atomic mass is 10.0. The molecule has 0 aliphatic carbocycles. The van der Waals surface area contributed by atoms with Crippen LogP contribution < -0.4 is 4.74 Å². The molecular weight excluding hydrogens is 295 g/mol. The van der Waals surface area contributed by atoms with Crippen LogP contribution in [0.2, 0.25) is 10.0 Å². The molecule has 0 saturated heterocycles. The average molecular weight is 311 g/mol. The molecule has 1 unspecified atom stereocenters. The molecule has 4 heteroatoms. The number of ether oxygens (including phenoxy) is 1. The van der Waals surface area contributed by atoms with Crippen molar-refractivity contribution in [2.24, 2.45) is 0 Å². The Morgan fingerprint density at radius 2 is 1.85 bits per heavy atom. The summed E-state index contributed by atoms with van der Waals surface area (Å²) in [6.07, 6.45) is -0.294. The second-order valence-electron chi connectivity index (χ2n) is 4.40. The molecule has 0 saturated carbocycles. The van der Waals surface area contributed by atoms with Crippen molar-refractivity contribution >= 4 is 23.2 Å². The third kappa shape index (κ3) is 3.45. The Bertz CT molecular complexity index is 584. The van der Waals surface area contributed by atoms with E-state index in [1.807, 2.05) is 43.3 Å². The van der Waals surface area contributed by atoms with Crippen LogP contribution in [0.25, 0.3) is 0 Å². The van der Waals surface area contributed by atoms with Gasteiger partial charge in [-0.2, -0.15) is 0 Å². The number of benzene rings is 2. The third-order valence-corrected chi connectivity index (χ3v) is 3.88. The summed E-state index contributed by atoms with van der Waals surface area (Å²) in [6.45, 7) is 2.47. The van der Waals surface area contributed by atoms with Crippen LogP contribution in [-0.2, 0) is 6.42 Å². The van der Waals surface area contributed by atoms with Gasteiger partial charge in [0.2, 0.25) is 0 Å². The number of rotatable bonds is 5. The maximum absolute atomic E-state index is 10.4. The van der Waals surface area contributed by atoms with E-state index in [2.05, 4.69) is 0 Å². The number of hydrogen-bond donors (Lipinski definition) is 1. The van der Waals surface area contributed by atoms with Gasteiger partial charge in [-0.15, -0.1) is 0 Å². The van der Waals surface area contributed by atoms with Crippen molar-refractivity contribution in [1.82, 2.24) is 0 Å². The maximum Gasteiger partial charge on any atom is 0.125 e. The van der Waals surface area contributed by atoms with Crippen molar-refractivity contribution in [3.63, 3.8) is 0 Å². The van der Waals surface area contributed by atoms with Gasteiger partial charge >= 0.3 is 0 Å². The fourth-order valence-corrected chi connectivity index (χ4v) is 2.46. The van der Waals surface area contributed by atoms with Gasteiger partial charge in [-0.05, 0) is 24.6 Å². The van der Waals surface area contributed by atoms with Crippen LogP contribution in [0.5, 0.6) is 5.75 Å². The van der Waals surface area contributed by atoms with E-state index in [9.17, 15) is 5.11 Å². The van der Waals surface area contributed by atoms with Crippen LogP contribution in [-0.4, -0.2) is 11.7 Å². The number of hydrogen-bond acceptors (Lipinski definition) is 2. The summed E-state index contributed by atoms with van der Waals surface area (Å²) >= 11 is 12.1. The standard InChI is InChI=1S/C16H16Cl2O2/c1-2-20-15-9-4-3-7-12(15)14(19)10-11-6-5-8-13(17)16(11)18/h3-9,14,19H,2,10H2,1H3. The van der Waals surface area contributed by atoms with E-state index in [1.54, 1.807) is 6.07 Å². The Morgan fingerprint density at radius 3 is 2.60 bits per heavy atom. The normalized spacial score (nSPS) is 12.2. The highest BCUT2D eigenvalue weighted by molar-refractivity contribution is 6.42. The first-order valence-corrected chi connectivity index (χ1v) is 7.21. The van der Waals surface area contributed by atoms with Crippen LogP contribution in [0.4, 0.5) is 0 Å². The predicted octanol–water partition coefficient (Wildman–Crippen LogP) is 4.67. The zero-order chi connectivity index (χ0) is 14.5. The van der Waals surface area contributed by atoms with E-state index in [4.69, 9.17) is 27.9 Å². The quantitative estimate of drug-likeness (QED) is 0.869. The van der Waals surface area contributed by atoms with Crippen LogP contribution in [0.1, 0.15) is 24.2 Å². The first-order valence-electron chi connectivity index (χ1n) is 6.46. The minimum absolute atomic E-state index is 0.392. The van der Waals surface area contributed by atoms with Gasteiger partial charge in [0.25, 0.3) is 0 Å². The zero-order valence-electron chi connectivity index (χ0n) is 11.1. The molecule has 0 radical (unpaired) electrons. The fourth-order valence-electron chi connectivity index (χ4n) is 2.07. The molecule has 106 valence electrons. The molecule has 2 nitrogen and oxygen atoms in total. The predicted molar refractivity (Wildman–Crippen MR) is 82.7 cm³/mol. The second kappa shape index (κ2) is 6.98.